The molecule has 4 nitrogen and oxygen atoms in total. The van der Waals surface area contributed by atoms with Gasteiger partial charge >= 0.3 is 0 Å². The van der Waals surface area contributed by atoms with Crippen LogP contribution in [-0.2, 0) is 0 Å². The molecular weight excluding hydrogens is 176 g/mol. The minimum atomic E-state index is 0.454. The van der Waals surface area contributed by atoms with E-state index in [2.05, 4.69) is 21.9 Å². The van der Waals surface area contributed by atoms with Crippen molar-refractivity contribution in [2.24, 2.45) is 15.7 Å². The third-order valence-corrected chi connectivity index (χ3v) is 1.49. The maximum Gasteiger partial charge on any atom is 0.0868 e. The molecule has 0 atom stereocenters. The standard InChI is InChI=1S/C10H18N4/c1-5-12-7-14-10(8(3)11)9(4)13-6-2/h6-7H,3,5,11H2,1-2,4H3,(H,12,14)/b10-9+,13-6?. The molecule has 0 bridgehead atoms. The number of allylic oxidation sites excluding steroid dienone is 1. The predicted octanol–water partition coefficient (Wildman–Crippen LogP) is 1.42. The molecule has 0 saturated heterocycles. The van der Waals surface area contributed by atoms with E-state index in [-0.39, 0.29) is 0 Å². The average Bonchev–Trinajstić information content (AvgIpc) is 2.12. The summed E-state index contributed by atoms with van der Waals surface area (Å²) in [5.74, 6) is 0. The molecule has 4 heteroatoms. The molecule has 0 aromatic rings. The largest absolute Gasteiger partial charge is 0.397 e. The van der Waals surface area contributed by atoms with E-state index in [4.69, 9.17) is 5.73 Å². The van der Waals surface area contributed by atoms with E-state index >= 15 is 0 Å². The van der Waals surface area contributed by atoms with Crippen molar-refractivity contribution in [1.82, 2.24) is 5.32 Å². The number of nitrogens with two attached hydrogens (primary N) is 1. The summed E-state index contributed by atoms with van der Waals surface area (Å²) in [6.07, 6.45) is 3.30. The molecule has 0 unspecified atom stereocenters. The first kappa shape index (κ1) is 12.4. The molecule has 0 rings (SSSR count). The lowest BCUT2D eigenvalue weighted by atomic mass is 10.3. The lowest BCUT2D eigenvalue weighted by Gasteiger charge is -2.07. The summed E-state index contributed by atoms with van der Waals surface area (Å²) in [7, 11) is 0. The fourth-order valence-electron chi connectivity index (χ4n) is 0.889. The Labute approximate surface area is 85.3 Å². The number of nitrogens with one attached hydrogen (secondary N) is 1. The van der Waals surface area contributed by atoms with Crippen molar-refractivity contribution in [3.63, 3.8) is 0 Å². The summed E-state index contributed by atoms with van der Waals surface area (Å²) >= 11 is 0. The van der Waals surface area contributed by atoms with E-state index in [0.29, 0.717) is 11.4 Å². The molecule has 0 saturated carbocycles. The van der Waals surface area contributed by atoms with Crippen molar-refractivity contribution < 1.29 is 0 Å². The van der Waals surface area contributed by atoms with E-state index in [9.17, 15) is 0 Å². The van der Waals surface area contributed by atoms with Gasteiger partial charge in [-0.1, -0.05) is 6.58 Å². The normalized spacial score (nSPS) is 13.4. The number of hydrogen-bond donors (Lipinski definition) is 2. The third kappa shape index (κ3) is 4.45. The molecule has 78 valence electrons. The Morgan fingerprint density at radius 2 is 2.21 bits per heavy atom. The number of nitrogens with zero attached hydrogens (tertiary/aromatic N) is 2. The second-order valence-electron chi connectivity index (χ2n) is 2.65. The highest BCUT2D eigenvalue weighted by atomic mass is 15.0. The summed E-state index contributed by atoms with van der Waals surface area (Å²) in [5.41, 5.74) is 7.56. The van der Waals surface area contributed by atoms with Gasteiger partial charge in [0.25, 0.3) is 0 Å². The maximum atomic E-state index is 5.60. The molecule has 0 aromatic carbocycles. The van der Waals surface area contributed by atoms with Crippen molar-refractivity contribution in [1.29, 1.82) is 0 Å². The van der Waals surface area contributed by atoms with Crippen molar-refractivity contribution in [2.75, 3.05) is 6.54 Å². The molecule has 0 aliphatic carbocycles. The monoisotopic (exact) mass is 194 g/mol. The van der Waals surface area contributed by atoms with Gasteiger partial charge in [-0.2, -0.15) is 0 Å². The van der Waals surface area contributed by atoms with Crippen LogP contribution in [0.5, 0.6) is 0 Å². The molecule has 3 N–H and O–H groups in total. The van der Waals surface area contributed by atoms with Crippen LogP contribution in [0.3, 0.4) is 0 Å². The fraction of sp³-hybridized carbons (Fsp3) is 0.400. The van der Waals surface area contributed by atoms with E-state index in [1.165, 1.54) is 0 Å². The molecule has 0 aromatic heterocycles. The Hall–Kier alpha value is -1.58. The zero-order valence-corrected chi connectivity index (χ0v) is 9.04. The van der Waals surface area contributed by atoms with Gasteiger partial charge in [0.1, 0.15) is 0 Å². The van der Waals surface area contributed by atoms with E-state index in [0.717, 1.165) is 12.2 Å². The van der Waals surface area contributed by atoms with Gasteiger partial charge in [0.05, 0.1) is 17.7 Å². The summed E-state index contributed by atoms with van der Waals surface area (Å²) in [4.78, 5) is 8.13. The van der Waals surface area contributed by atoms with Gasteiger partial charge < -0.3 is 11.1 Å². The highest BCUT2D eigenvalue weighted by Crippen LogP contribution is 2.05. The summed E-state index contributed by atoms with van der Waals surface area (Å²) < 4.78 is 0. The first-order valence-corrected chi connectivity index (χ1v) is 4.52. The van der Waals surface area contributed by atoms with Crippen molar-refractivity contribution in [2.45, 2.75) is 20.8 Å². The van der Waals surface area contributed by atoms with E-state index < -0.39 is 0 Å². The van der Waals surface area contributed by atoms with Gasteiger partial charge in [-0.3, -0.25) is 9.98 Å². The molecule has 0 amide bonds. The Bertz CT molecular complexity index is 274. The minimum Gasteiger partial charge on any atom is -0.397 e. The third-order valence-electron chi connectivity index (χ3n) is 1.49. The Morgan fingerprint density at radius 3 is 2.64 bits per heavy atom. The quantitative estimate of drug-likeness (QED) is 0.395. The minimum absolute atomic E-state index is 0.454. The summed E-state index contributed by atoms with van der Waals surface area (Å²) in [6.45, 7) is 10.1. The average molecular weight is 194 g/mol. The van der Waals surface area contributed by atoms with Crippen molar-refractivity contribution >= 4 is 12.6 Å². The molecule has 0 aliphatic heterocycles. The lowest BCUT2D eigenvalue weighted by Crippen LogP contribution is -2.18. The van der Waals surface area contributed by atoms with Gasteiger partial charge in [0.15, 0.2) is 0 Å². The molecule has 0 spiro atoms. The second-order valence-corrected chi connectivity index (χ2v) is 2.65. The first-order valence-electron chi connectivity index (χ1n) is 4.52. The second kappa shape index (κ2) is 6.88. The van der Waals surface area contributed by atoms with Crippen LogP contribution in [0, 0.1) is 0 Å². The van der Waals surface area contributed by atoms with Crippen LogP contribution < -0.4 is 11.1 Å². The van der Waals surface area contributed by atoms with Gasteiger partial charge in [0, 0.05) is 18.5 Å². The van der Waals surface area contributed by atoms with Gasteiger partial charge in [0.2, 0.25) is 0 Å². The highest BCUT2D eigenvalue weighted by Gasteiger charge is 2.00. The lowest BCUT2D eigenvalue weighted by molar-refractivity contribution is 1.04. The Morgan fingerprint density at radius 1 is 1.57 bits per heavy atom. The highest BCUT2D eigenvalue weighted by molar-refractivity contribution is 5.61. The topological polar surface area (TPSA) is 62.8 Å². The fourth-order valence-corrected chi connectivity index (χ4v) is 0.889. The maximum absolute atomic E-state index is 5.60. The van der Waals surface area contributed by atoms with Crippen LogP contribution in [0.2, 0.25) is 0 Å². The van der Waals surface area contributed by atoms with Crippen LogP contribution in [0.15, 0.2) is 33.7 Å². The van der Waals surface area contributed by atoms with E-state index in [1.54, 1.807) is 12.6 Å². The number of rotatable bonds is 5. The SMILES string of the molecule is C=C(N)/C(NC=NCC)=C(/C)N=CC. The van der Waals surface area contributed by atoms with Gasteiger partial charge in [-0.05, 0) is 20.8 Å². The van der Waals surface area contributed by atoms with Gasteiger partial charge in [-0.25, -0.2) is 0 Å². The molecular formula is C10H18N4. The number of aliphatic imine (C=N–C) groups is 2. The first-order chi connectivity index (χ1) is 6.63. The van der Waals surface area contributed by atoms with E-state index in [1.807, 2.05) is 20.8 Å². The molecule has 0 fully saturated rings. The van der Waals surface area contributed by atoms with Crippen molar-refractivity contribution in [3.8, 4) is 0 Å². The van der Waals surface area contributed by atoms with Crippen LogP contribution in [0.25, 0.3) is 0 Å². The van der Waals surface area contributed by atoms with Crippen LogP contribution >= 0.6 is 0 Å². The van der Waals surface area contributed by atoms with Crippen LogP contribution in [0.4, 0.5) is 0 Å². The molecule has 0 aliphatic rings. The number of hydrogen-bond acceptors (Lipinski definition) is 3. The van der Waals surface area contributed by atoms with Gasteiger partial charge in [-0.15, -0.1) is 0 Å². The zero-order chi connectivity index (χ0) is 11.0. The zero-order valence-electron chi connectivity index (χ0n) is 9.04. The Balaban J connectivity index is 4.67. The molecule has 14 heavy (non-hydrogen) atoms. The molecule has 0 radical (unpaired) electrons. The summed E-state index contributed by atoms with van der Waals surface area (Å²) in [5, 5.41) is 2.95. The summed E-state index contributed by atoms with van der Waals surface area (Å²) in [6, 6.07) is 0. The smallest absolute Gasteiger partial charge is 0.0868 e. The molecule has 0 heterocycles. The van der Waals surface area contributed by atoms with Crippen LogP contribution in [-0.4, -0.2) is 19.1 Å². The Kier molecular flexibility index (Phi) is 6.11. The van der Waals surface area contributed by atoms with Crippen LogP contribution in [0.1, 0.15) is 20.8 Å². The van der Waals surface area contributed by atoms with Crippen molar-refractivity contribution in [3.05, 3.63) is 23.7 Å². The predicted molar refractivity (Wildman–Crippen MR) is 62.4 cm³/mol.